The Labute approximate surface area is 199 Å². The van der Waals surface area contributed by atoms with Crippen LogP contribution in [0.2, 0.25) is 0 Å². The lowest BCUT2D eigenvalue weighted by atomic mass is 9.84. The van der Waals surface area contributed by atoms with E-state index in [1.54, 1.807) is 6.08 Å². The van der Waals surface area contributed by atoms with Gasteiger partial charge in [0, 0.05) is 29.3 Å². The number of hydrogen-bond donors (Lipinski definition) is 1. The molecular weight excluding hydrogens is 422 g/mol. The summed E-state index contributed by atoms with van der Waals surface area (Å²) in [6.45, 7) is 2.16. The van der Waals surface area contributed by atoms with Crippen molar-refractivity contribution in [1.29, 1.82) is 0 Å². The van der Waals surface area contributed by atoms with E-state index in [1.807, 2.05) is 77.6 Å². The van der Waals surface area contributed by atoms with E-state index in [1.165, 1.54) is 25.7 Å². The van der Waals surface area contributed by atoms with Crippen molar-refractivity contribution >= 4 is 23.0 Å². The Morgan fingerprint density at radius 2 is 1.94 bits per heavy atom. The first kappa shape index (κ1) is 21.0. The fourth-order valence-electron chi connectivity index (χ4n) is 5.96. The number of hydrogen-bond acceptors (Lipinski definition) is 3. The summed E-state index contributed by atoms with van der Waals surface area (Å²) in [4.78, 5) is 12.8. The highest BCUT2D eigenvalue weighted by atomic mass is 16.3. The molecule has 2 heterocycles. The van der Waals surface area contributed by atoms with E-state index in [4.69, 9.17) is 9.52 Å². The van der Waals surface area contributed by atoms with Crippen LogP contribution in [0.5, 0.6) is 0 Å². The van der Waals surface area contributed by atoms with Crippen molar-refractivity contribution in [3.63, 3.8) is 0 Å². The number of furan rings is 1. The van der Waals surface area contributed by atoms with E-state index in [0.29, 0.717) is 17.4 Å². The van der Waals surface area contributed by atoms with Crippen LogP contribution in [-0.4, -0.2) is 21.7 Å². The quantitative estimate of drug-likeness (QED) is 0.353. The van der Waals surface area contributed by atoms with Crippen molar-refractivity contribution in [3.8, 4) is 17.1 Å². The van der Waals surface area contributed by atoms with E-state index in [9.17, 15) is 4.79 Å². The van der Waals surface area contributed by atoms with Crippen LogP contribution in [-0.2, 0) is 4.79 Å². The molecule has 2 bridgehead atoms. The Balaban J connectivity index is 1.27. The lowest BCUT2D eigenvalue weighted by molar-refractivity contribution is -0.117. The zero-order chi connectivity index (χ0) is 23.1. The number of nitrogens with zero attached hydrogens (tertiary/aromatic N) is 2. The predicted molar refractivity (Wildman–Crippen MR) is 134 cm³/mol. The summed E-state index contributed by atoms with van der Waals surface area (Å²) < 4.78 is 7.93. The summed E-state index contributed by atoms with van der Waals surface area (Å²) >= 11 is 0. The molecule has 1 N–H and O–H groups in total. The second-order valence-electron chi connectivity index (χ2n) is 9.83. The first-order chi connectivity index (χ1) is 16.6. The number of carbonyl (C=O) groups excluding carboxylic acids is 1. The number of fused-ring (bicyclic) bond motifs is 3. The topological polar surface area (TPSA) is 60.1 Å². The molecule has 1 amide bonds. The maximum Gasteiger partial charge on any atom is 0.244 e. The van der Waals surface area contributed by atoms with Gasteiger partial charge in [-0.1, -0.05) is 42.8 Å². The van der Waals surface area contributed by atoms with Gasteiger partial charge < -0.3 is 9.73 Å². The van der Waals surface area contributed by atoms with Crippen LogP contribution in [0.25, 0.3) is 34.2 Å². The highest BCUT2D eigenvalue weighted by molar-refractivity contribution is 5.93. The Morgan fingerprint density at radius 1 is 1.12 bits per heavy atom. The third-order valence-electron chi connectivity index (χ3n) is 7.64. The van der Waals surface area contributed by atoms with Crippen molar-refractivity contribution < 1.29 is 9.21 Å². The largest absolute Gasteiger partial charge is 0.454 e. The van der Waals surface area contributed by atoms with Crippen molar-refractivity contribution in [1.82, 2.24) is 15.1 Å². The van der Waals surface area contributed by atoms with E-state index >= 15 is 0 Å². The van der Waals surface area contributed by atoms with Crippen LogP contribution in [0, 0.1) is 17.8 Å². The number of nitrogens with one attached hydrogen (secondary N) is 1. The molecule has 0 aliphatic heterocycles. The molecule has 2 aromatic heterocycles. The van der Waals surface area contributed by atoms with Crippen LogP contribution >= 0.6 is 0 Å². The zero-order valence-electron chi connectivity index (χ0n) is 19.4. The number of aromatic nitrogens is 2. The van der Waals surface area contributed by atoms with Crippen LogP contribution in [0.3, 0.4) is 0 Å². The smallest absolute Gasteiger partial charge is 0.244 e. The third-order valence-corrected chi connectivity index (χ3v) is 7.64. The lowest BCUT2D eigenvalue weighted by Gasteiger charge is -2.28. The highest BCUT2D eigenvalue weighted by Crippen LogP contribution is 2.49. The molecule has 4 atom stereocenters. The fraction of sp³-hybridized carbons (Fsp3) is 0.310. The van der Waals surface area contributed by atoms with Crippen LogP contribution in [0.15, 0.2) is 77.4 Å². The van der Waals surface area contributed by atoms with Gasteiger partial charge in [0.1, 0.15) is 11.3 Å². The summed E-state index contributed by atoms with van der Waals surface area (Å²) in [6.07, 6.45) is 10.7. The molecular formula is C29H29N3O2. The second kappa shape index (κ2) is 8.64. The normalized spacial score (nSPS) is 22.6. The van der Waals surface area contributed by atoms with Gasteiger partial charge in [-0.15, -0.1) is 0 Å². The molecule has 2 aromatic carbocycles. The van der Waals surface area contributed by atoms with Gasteiger partial charge in [0.2, 0.25) is 5.91 Å². The third kappa shape index (κ3) is 3.96. The van der Waals surface area contributed by atoms with Gasteiger partial charge in [-0.3, -0.25) is 4.79 Å². The van der Waals surface area contributed by atoms with Crippen molar-refractivity contribution in [2.75, 3.05) is 0 Å². The molecule has 6 rings (SSSR count). The molecule has 34 heavy (non-hydrogen) atoms. The average Bonchev–Trinajstić information content (AvgIpc) is 3.65. The Bertz CT molecular complexity index is 1320. The zero-order valence-corrected chi connectivity index (χ0v) is 19.4. The molecule has 2 fully saturated rings. The van der Waals surface area contributed by atoms with Crippen molar-refractivity contribution in [3.05, 3.63) is 78.5 Å². The van der Waals surface area contributed by atoms with E-state index in [0.717, 1.165) is 34.1 Å². The molecule has 0 radical (unpaired) electrons. The maximum atomic E-state index is 12.8. The van der Waals surface area contributed by atoms with Gasteiger partial charge in [0.25, 0.3) is 0 Å². The van der Waals surface area contributed by atoms with Crippen LogP contribution in [0.4, 0.5) is 0 Å². The number of para-hydroxylation sites is 2. The first-order valence-electron chi connectivity index (χ1n) is 12.3. The minimum atomic E-state index is -0.0571. The van der Waals surface area contributed by atoms with E-state index < -0.39 is 0 Å². The standard InChI is InChI=1S/C29H29N3O2/c1-19(25-16-20-11-12-21(25)15-20)30-28(33)14-13-23-18-32(24-8-3-2-4-9-24)31-29(23)27-17-22-7-5-6-10-26(22)34-27/h2-10,13-14,17-21,25H,11-12,15-16H2,1H3,(H,30,33)/b14-13+/t19-,20+,21+,25-/m0/s1. The molecule has 5 nitrogen and oxygen atoms in total. The fourth-order valence-corrected chi connectivity index (χ4v) is 5.96. The van der Waals surface area contributed by atoms with Gasteiger partial charge in [-0.25, -0.2) is 4.68 Å². The summed E-state index contributed by atoms with van der Waals surface area (Å²) in [6, 6.07) is 20.1. The molecule has 0 saturated heterocycles. The number of rotatable bonds is 6. The van der Waals surface area contributed by atoms with Gasteiger partial charge in [-0.05, 0) is 74.3 Å². The van der Waals surface area contributed by atoms with Crippen molar-refractivity contribution in [2.45, 2.75) is 38.6 Å². The maximum absolute atomic E-state index is 12.8. The SMILES string of the molecule is C[C@H](NC(=O)/C=C/c1cn(-c2ccccc2)nc1-c1cc2ccccc2o1)[C@@H]1C[C@@H]2CC[C@@H]1C2. The van der Waals surface area contributed by atoms with Crippen LogP contribution < -0.4 is 5.32 Å². The summed E-state index contributed by atoms with van der Waals surface area (Å²) in [5, 5.41) is 9.06. The van der Waals surface area contributed by atoms with Crippen LogP contribution in [0.1, 0.15) is 38.2 Å². The summed E-state index contributed by atoms with van der Waals surface area (Å²) in [7, 11) is 0. The van der Waals surface area contributed by atoms with Crippen molar-refractivity contribution in [2.24, 2.45) is 17.8 Å². The molecule has 5 heteroatoms. The van der Waals surface area contributed by atoms with E-state index in [-0.39, 0.29) is 11.9 Å². The number of carbonyl (C=O) groups is 1. The molecule has 2 saturated carbocycles. The molecule has 0 spiro atoms. The van der Waals surface area contributed by atoms with Gasteiger partial charge in [0.05, 0.1) is 5.69 Å². The predicted octanol–water partition coefficient (Wildman–Crippen LogP) is 6.24. The average molecular weight is 452 g/mol. The summed E-state index contributed by atoms with van der Waals surface area (Å²) in [5.74, 6) is 2.90. The molecule has 4 aromatic rings. The Morgan fingerprint density at radius 3 is 2.71 bits per heavy atom. The monoisotopic (exact) mass is 451 g/mol. The summed E-state index contributed by atoms with van der Waals surface area (Å²) in [5.41, 5.74) is 3.32. The molecule has 2 aliphatic carbocycles. The molecule has 172 valence electrons. The van der Waals surface area contributed by atoms with Gasteiger partial charge in [0.15, 0.2) is 5.76 Å². The minimum absolute atomic E-state index is 0.0571. The number of benzene rings is 2. The highest BCUT2D eigenvalue weighted by Gasteiger charge is 2.42. The Hall–Kier alpha value is -3.60. The lowest BCUT2D eigenvalue weighted by Crippen LogP contribution is -2.39. The molecule has 2 aliphatic rings. The van der Waals surface area contributed by atoms with Gasteiger partial charge >= 0.3 is 0 Å². The second-order valence-corrected chi connectivity index (χ2v) is 9.83. The number of amides is 1. The molecule has 0 unspecified atom stereocenters. The first-order valence-corrected chi connectivity index (χ1v) is 12.3. The van der Waals surface area contributed by atoms with Gasteiger partial charge in [-0.2, -0.15) is 5.10 Å². The Kier molecular flexibility index (Phi) is 5.33. The minimum Gasteiger partial charge on any atom is -0.454 e. The van der Waals surface area contributed by atoms with E-state index in [2.05, 4.69) is 12.2 Å².